The SMILES string of the molecule is Cc1cccc(OCC(O)CNCCOc2ccccc2)c1.Cl. The van der Waals surface area contributed by atoms with E-state index >= 15 is 0 Å². The molecule has 0 heterocycles. The molecule has 0 aliphatic carbocycles. The molecule has 0 aliphatic heterocycles. The molecule has 2 rings (SSSR count). The Hall–Kier alpha value is -1.75. The summed E-state index contributed by atoms with van der Waals surface area (Å²) in [4.78, 5) is 0. The van der Waals surface area contributed by atoms with Crippen molar-refractivity contribution in [1.82, 2.24) is 5.32 Å². The van der Waals surface area contributed by atoms with Gasteiger partial charge in [-0.1, -0.05) is 30.3 Å². The Morgan fingerprint density at radius 1 is 1.00 bits per heavy atom. The van der Waals surface area contributed by atoms with E-state index in [2.05, 4.69) is 5.32 Å². The topological polar surface area (TPSA) is 50.7 Å². The molecule has 0 radical (unpaired) electrons. The first kappa shape index (κ1) is 19.3. The number of aliphatic hydroxyl groups is 1. The van der Waals surface area contributed by atoms with Crippen molar-refractivity contribution < 1.29 is 14.6 Å². The van der Waals surface area contributed by atoms with Crippen molar-refractivity contribution in [3.05, 3.63) is 60.2 Å². The summed E-state index contributed by atoms with van der Waals surface area (Å²) in [5, 5.41) is 13.0. The van der Waals surface area contributed by atoms with Crippen LogP contribution in [0.25, 0.3) is 0 Å². The Morgan fingerprint density at radius 3 is 2.48 bits per heavy atom. The van der Waals surface area contributed by atoms with Gasteiger partial charge in [0.1, 0.15) is 30.8 Å². The van der Waals surface area contributed by atoms with Gasteiger partial charge in [0.25, 0.3) is 0 Å². The molecule has 126 valence electrons. The first-order valence-electron chi connectivity index (χ1n) is 7.50. The van der Waals surface area contributed by atoms with Crippen LogP contribution in [0.4, 0.5) is 0 Å². The van der Waals surface area contributed by atoms with Gasteiger partial charge < -0.3 is 19.9 Å². The fourth-order valence-electron chi connectivity index (χ4n) is 1.98. The van der Waals surface area contributed by atoms with Gasteiger partial charge in [0.15, 0.2) is 0 Å². The highest BCUT2D eigenvalue weighted by Crippen LogP contribution is 2.12. The maximum atomic E-state index is 9.87. The van der Waals surface area contributed by atoms with E-state index in [1.54, 1.807) is 0 Å². The number of aryl methyl sites for hydroxylation is 1. The molecule has 2 aromatic carbocycles. The quantitative estimate of drug-likeness (QED) is 0.691. The minimum absolute atomic E-state index is 0. The van der Waals surface area contributed by atoms with E-state index in [-0.39, 0.29) is 19.0 Å². The molecule has 0 saturated heterocycles. The zero-order chi connectivity index (χ0) is 15.6. The molecule has 0 fully saturated rings. The second-order valence-corrected chi connectivity index (χ2v) is 5.15. The van der Waals surface area contributed by atoms with Crippen LogP contribution in [-0.2, 0) is 0 Å². The molecule has 5 heteroatoms. The molecule has 2 aromatic rings. The summed E-state index contributed by atoms with van der Waals surface area (Å²) in [6, 6.07) is 17.5. The minimum Gasteiger partial charge on any atom is -0.492 e. The second kappa shape index (κ2) is 10.9. The number of nitrogens with one attached hydrogen (secondary N) is 1. The molecule has 1 unspecified atom stereocenters. The number of rotatable bonds is 9. The molecule has 0 saturated carbocycles. The van der Waals surface area contributed by atoms with Crippen LogP contribution in [0.15, 0.2) is 54.6 Å². The number of hydrogen-bond acceptors (Lipinski definition) is 4. The molecule has 4 nitrogen and oxygen atoms in total. The third kappa shape index (κ3) is 7.88. The molecular formula is C18H24ClNO3. The standard InChI is InChI=1S/C18H23NO3.ClH/c1-15-6-5-9-18(12-15)22-14-16(20)13-19-10-11-21-17-7-3-2-4-8-17;/h2-9,12,16,19-20H,10-11,13-14H2,1H3;1H. The number of halogens is 1. The minimum atomic E-state index is -0.544. The highest BCUT2D eigenvalue weighted by Gasteiger charge is 2.05. The summed E-state index contributed by atoms with van der Waals surface area (Å²) in [5.41, 5.74) is 1.14. The Kier molecular flexibility index (Phi) is 9.14. The lowest BCUT2D eigenvalue weighted by molar-refractivity contribution is 0.105. The summed E-state index contributed by atoms with van der Waals surface area (Å²) in [6.07, 6.45) is -0.544. The normalized spacial score (nSPS) is 11.4. The average Bonchev–Trinajstić information content (AvgIpc) is 2.54. The van der Waals surface area contributed by atoms with E-state index in [1.165, 1.54) is 0 Å². The van der Waals surface area contributed by atoms with Gasteiger partial charge in [-0.3, -0.25) is 0 Å². The smallest absolute Gasteiger partial charge is 0.119 e. The predicted molar refractivity (Wildman–Crippen MR) is 94.7 cm³/mol. The zero-order valence-corrected chi connectivity index (χ0v) is 14.1. The number of hydrogen-bond donors (Lipinski definition) is 2. The van der Waals surface area contributed by atoms with E-state index in [1.807, 2.05) is 61.5 Å². The molecule has 23 heavy (non-hydrogen) atoms. The lowest BCUT2D eigenvalue weighted by Gasteiger charge is -2.14. The third-order valence-corrected chi connectivity index (χ3v) is 3.10. The number of aliphatic hydroxyl groups excluding tert-OH is 1. The fraction of sp³-hybridized carbons (Fsp3) is 0.333. The van der Waals surface area contributed by atoms with Crippen molar-refractivity contribution in [3.63, 3.8) is 0 Å². The van der Waals surface area contributed by atoms with Crippen molar-refractivity contribution in [2.24, 2.45) is 0 Å². The van der Waals surface area contributed by atoms with Gasteiger partial charge in [-0.05, 0) is 36.8 Å². The number of benzene rings is 2. The van der Waals surface area contributed by atoms with Crippen molar-refractivity contribution >= 4 is 12.4 Å². The summed E-state index contributed by atoms with van der Waals surface area (Å²) in [5.74, 6) is 1.64. The second-order valence-electron chi connectivity index (χ2n) is 5.15. The first-order chi connectivity index (χ1) is 10.7. The maximum absolute atomic E-state index is 9.87. The van der Waals surface area contributed by atoms with Gasteiger partial charge in [0, 0.05) is 13.1 Å². The monoisotopic (exact) mass is 337 g/mol. The van der Waals surface area contributed by atoms with Crippen LogP contribution in [0.2, 0.25) is 0 Å². The highest BCUT2D eigenvalue weighted by atomic mass is 35.5. The van der Waals surface area contributed by atoms with Gasteiger partial charge in [-0.15, -0.1) is 12.4 Å². The van der Waals surface area contributed by atoms with Gasteiger partial charge in [0.05, 0.1) is 0 Å². The van der Waals surface area contributed by atoms with E-state index in [4.69, 9.17) is 9.47 Å². The Bertz CT molecular complexity index is 551. The summed E-state index contributed by atoms with van der Waals surface area (Å²) >= 11 is 0. The summed E-state index contributed by atoms with van der Waals surface area (Å²) in [7, 11) is 0. The van der Waals surface area contributed by atoms with Crippen LogP contribution in [0.1, 0.15) is 5.56 Å². The van der Waals surface area contributed by atoms with Crippen LogP contribution < -0.4 is 14.8 Å². The van der Waals surface area contributed by atoms with Crippen molar-refractivity contribution in [1.29, 1.82) is 0 Å². The van der Waals surface area contributed by atoms with Gasteiger partial charge >= 0.3 is 0 Å². The molecule has 0 aliphatic rings. The molecule has 0 amide bonds. The highest BCUT2D eigenvalue weighted by molar-refractivity contribution is 5.85. The Balaban J connectivity index is 0.00000264. The van der Waals surface area contributed by atoms with Crippen LogP contribution in [0.5, 0.6) is 11.5 Å². The fourth-order valence-corrected chi connectivity index (χ4v) is 1.98. The molecule has 2 N–H and O–H groups in total. The van der Waals surface area contributed by atoms with Gasteiger partial charge in [-0.25, -0.2) is 0 Å². The van der Waals surface area contributed by atoms with Crippen LogP contribution in [-0.4, -0.2) is 37.5 Å². The average molecular weight is 338 g/mol. The zero-order valence-electron chi connectivity index (χ0n) is 13.3. The molecular weight excluding hydrogens is 314 g/mol. The van der Waals surface area contributed by atoms with Gasteiger partial charge in [0.2, 0.25) is 0 Å². The Labute approximate surface area is 143 Å². The molecule has 0 bridgehead atoms. The van der Waals surface area contributed by atoms with E-state index in [9.17, 15) is 5.11 Å². The largest absolute Gasteiger partial charge is 0.492 e. The third-order valence-electron chi connectivity index (χ3n) is 3.10. The molecule has 1 atom stereocenters. The Morgan fingerprint density at radius 2 is 1.74 bits per heavy atom. The van der Waals surface area contributed by atoms with Crippen molar-refractivity contribution in [2.45, 2.75) is 13.0 Å². The maximum Gasteiger partial charge on any atom is 0.119 e. The predicted octanol–water partition coefficient (Wildman–Crippen LogP) is 2.83. The van der Waals surface area contributed by atoms with Crippen molar-refractivity contribution in [3.8, 4) is 11.5 Å². The van der Waals surface area contributed by atoms with Crippen LogP contribution >= 0.6 is 12.4 Å². The molecule has 0 aromatic heterocycles. The summed E-state index contributed by atoms with van der Waals surface area (Å²) < 4.78 is 11.1. The first-order valence-corrected chi connectivity index (χ1v) is 7.50. The van der Waals surface area contributed by atoms with Crippen LogP contribution in [0.3, 0.4) is 0 Å². The van der Waals surface area contributed by atoms with Crippen molar-refractivity contribution in [2.75, 3.05) is 26.3 Å². The summed E-state index contributed by atoms with van der Waals surface area (Å²) in [6.45, 7) is 4.00. The van der Waals surface area contributed by atoms with E-state index < -0.39 is 6.10 Å². The van der Waals surface area contributed by atoms with Crippen LogP contribution in [0, 0.1) is 6.92 Å². The number of ether oxygens (including phenoxy) is 2. The lowest BCUT2D eigenvalue weighted by Crippen LogP contribution is -2.33. The number of para-hydroxylation sites is 1. The lowest BCUT2D eigenvalue weighted by atomic mass is 10.2. The van der Waals surface area contributed by atoms with Gasteiger partial charge in [-0.2, -0.15) is 0 Å². The molecule has 0 spiro atoms. The van der Waals surface area contributed by atoms with E-state index in [0.717, 1.165) is 17.1 Å². The van der Waals surface area contributed by atoms with E-state index in [0.29, 0.717) is 19.7 Å².